The summed E-state index contributed by atoms with van der Waals surface area (Å²) >= 11 is 0. The second-order valence-corrected chi connectivity index (χ2v) is 5.82. The molecule has 2 aliphatic rings. The van der Waals surface area contributed by atoms with E-state index in [0.29, 0.717) is 12.5 Å². The van der Waals surface area contributed by atoms with E-state index in [-0.39, 0.29) is 0 Å². The van der Waals surface area contributed by atoms with Crippen LogP contribution in [0, 0.1) is 0 Å². The Morgan fingerprint density at radius 3 is 2.64 bits per heavy atom. The summed E-state index contributed by atoms with van der Waals surface area (Å²) in [4.78, 5) is 2.09. The van der Waals surface area contributed by atoms with E-state index < -0.39 is 6.10 Å². The predicted molar refractivity (Wildman–Crippen MR) is 86.3 cm³/mol. The zero-order chi connectivity index (χ0) is 15.5. The van der Waals surface area contributed by atoms with E-state index in [1.54, 1.807) is 14.2 Å². The number of hydrogen-bond acceptors (Lipinski definition) is 4. The number of aliphatic hydroxyl groups is 1. The summed E-state index contributed by atoms with van der Waals surface area (Å²) in [5.41, 5.74) is 1.95. The fourth-order valence-corrected chi connectivity index (χ4v) is 2.99. The van der Waals surface area contributed by atoms with Crippen molar-refractivity contribution in [3.05, 3.63) is 47.7 Å². The van der Waals surface area contributed by atoms with Crippen LogP contribution in [0.25, 0.3) is 0 Å². The number of β-amino-alcohol motifs (C(OH)–C–C–N with tert-alkyl or cyclic N) is 1. The fourth-order valence-electron chi connectivity index (χ4n) is 2.99. The largest absolute Gasteiger partial charge is 0.496 e. The standard InChI is InChI=1S/C18H23NO3/c1-21-16-9-8-14(18(22-2)17(16)13-6-7-13)15(20)12-19-10-4-3-5-11-19/h3-5,8-10,13,15,20H,6-7,11-12H2,1-2H3. The first-order valence-corrected chi connectivity index (χ1v) is 7.74. The van der Waals surface area contributed by atoms with E-state index >= 15 is 0 Å². The van der Waals surface area contributed by atoms with Gasteiger partial charge in [0, 0.05) is 24.2 Å². The van der Waals surface area contributed by atoms with Crippen molar-refractivity contribution >= 4 is 0 Å². The predicted octanol–water partition coefficient (Wildman–Crippen LogP) is 3.00. The Balaban J connectivity index is 1.87. The third kappa shape index (κ3) is 2.97. The van der Waals surface area contributed by atoms with Gasteiger partial charge in [0.1, 0.15) is 17.6 Å². The second kappa shape index (κ2) is 6.44. The highest BCUT2D eigenvalue weighted by molar-refractivity contribution is 5.54. The van der Waals surface area contributed by atoms with Crippen molar-refractivity contribution in [3.8, 4) is 11.5 Å². The molecule has 1 aromatic carbocycles. The highest BCUT2D eigenvalue weighted by Gasteiger charge is 2.32. The van der Waals surface area contributed by atoms with E-state index in [9.17, 15) is 5.11 Å². The van der Waals surface area contributed by atoms with Crippen LogP contribution < -0.4 is 9.47 Å². The van der Waals surface area contributed by atoms with Crippen LogP contribution in [-0.4, -0.2) is 37.3 Å². The number of rotatable bonds is 6. The Hall–Kier alpha value is -1.94. The maximum absolute atomic E-state index is 10.7. The molecule has 4 heteroatoms. The SMILES string of the molecule is COc1ccc(C(O)CN2C=CC=CC2)c(OC)c1C1CC1. The van der Waals surface area contributed by atoms with Gasteiger partial charge in [-0.1, -0.05) is 12.2 Å². The third-order valence-corrected chi connectivity index (χ3v) is 4.25. The molecule has 1 atom stereocenters. The highest BCUT2D eigenvalue weighted by Crippen LogP contribution is 2.50. The second-order valence-electron chi connectivity index (χ2n) is 5.82. The van der Waals surface area contributed by atoms with Crippen molar-refractivity contribution in [1.82, 2.24) is 4.90 Å². The molecule has 0 aromatic heterocycles. The summed E-state index contributed by atoms with van der Waals surface area (Å²) in [7, 11) is 3.35. The molecule has 22 heavy (non-hydrogen) atoms. The molecule has 1 saturated carbocycles. The smallest absolute Gasteiger partial charge is 0.131 e. The number of hydrogen-bond donors (Lipinski definition) is 1. The van der Waals surface area contributed by atoms with Crippen LogP contribution in [0.15, 0.2) is 36.6 Å². The molecule has 1 fully saturated rings. The summed E-state index contributed by atoms with van der Waals surface area (Å²) in [6.07, 6.45) is 9.81. The number of allylic oxidation sites excluding steroid dienone is 2. The lowest BCUT2D eigenvalue weighted by Crippen LogP contribution is -2.25. The molecular formula is C18H23NO3. The van der Waals surface area contributed by atoms with Crippen LogP contribution in [0.4, 0.5) is 0 Å². The molecule has 4 nitrogen and oxygen atoms in total. The normalized spacial score (nSPS) is 18.4. The minimum atomic E-state index is -0.588. The van der Waals surface area contributed by atoms with Gasteiger partial charge in [-0.25, -0.2) is 0 Å². The average Bonchev–Trinajstić information content (AvgIpc) is 3.38. The summed E-state index contributed by atoms with van der Waals surface area (Å²) in [6, 6.07) is 3.86. The first-order chi connectivity index (χ1) is 10.7. The molecule has 0 bridgehead atoms. The van der Waals surface area contributed by atoms with Crippen LogP contribution in [-0.2, 0) is 0 Å². The Morgan fingerprint density at radius 1 is 1.23 bits per heavy atom. The minimum Gasteiger partial charge on any atom is -0.496 e. The van der Waals surface area contributed by atoms with Gasteiger partial charge in [0.2, 0.25) is 0 Å². The molecule has 0 saturated heterocycles. The van der Waals surface area contributed by atoms with Crippen LogP contribution in [0.1, 0.15) is 36.0 Å². The lowest BCUT2D eigenvalue weighted by atomic mass is 9.99. The first kappa shape index (κ1) is 15.0. The molecule has 1 N–H and O–H groups in total. The van der Waals surface area contributed by atoms with Crippen LogP contribution in [0.3, 0.4) is 0 Å². The maximum atomic E-state index is 10.7. The van der Waals surface area contributed by atoms with Crippen LogP contribution in [0.2, 0.25) is 0 Å². The van der Waals surface area contributed by atoms with Gasteiger partial charge in [0.25, 0.3) is 0 Å². The quantitative estimate of drug-likeness (QED) is 0.877. The van der Waals surface area contributed by atoms with Crippen molar-refractivity contribution in [1.29, 1.82) is 0 Å². The number of ether oxygens (including phenoxy) is 2. The van der Waals surface area contributed by atoms with Gasteiger partial charge >= 0.3 is 0 Å². The van der Waals surface area contributed by atoms with Crippen molar-refractivity contribution < 1.29 is 14.6 Å². The molecule has 1 heterocycles. The highest BCUT2D eigenvalue weighted by atomic mass is 16.5. The van der Waals surface area contributed by atoms with Crippen molar-refractivity contribution in [3.63, 3.8) is 0 Å². The van der Waals surface area contributed by atoms with Gasteiger partial charge in [0.05, 0.1) is 14.2 Å². The summed E-state index contributed by atoms with van der Waals surface area (Å²) < 4.78 is 11.1. The molecule has 0 spiro atoms. The molecule has 1 unspecified atom stereocenters. The Kier molecular flexibility index (Phi) is 4.39. The maximum Gasteiger partial charge on any atom is 0.131 e. The van der Waals surface area contributed by atoms with Gasteiger partial charge < -0.3 is 19.5 Å². The molecule has 1 aliphatic carbocycles. The Morgan fingerprint density at radius 2 is 2.05 bits per heavy atom. The molecule has 0 radical (unpaired) electrons. The molecule has 118 valence electrons. The van der Waals surface area contributed by atoms with Gasteiger partial charge in [-0.05, 0) is 43.2 Å². The van der Waals surface area contributed by atoms with E-state index in [0.717, 1.165) is 42.0 Å². The monoisotopic (exact) mass is 301 g/mol. The summed E-state index contributed by atoms with van der Waals surface area (Å²) in [6.45, 7) is 1.37. The van der Waals surface area contributed by atoms with Crippen molar-refractivity contribution in [2.45, 2.75) is 24.9 Å². The fraction of sp³-hybridized carbons (Fsp3) is 0.444. The Labute approximate surface area is 131 Å². The van der Waals surface area contributed by atoms with E-state index in [4.69, 9.17) is 9.47 Å². The average molecular weight is 301 g/mol. The topological polar surface area (TPSA) is 41.9 Å². The molecular weight excluding hydrogens is 278 g/mol. The number of benzene rings is 1. The van der Waals surface area contributed by atoms with Gasteiger partial charge in [0.15, 0.2) is 0 Å². The van der Waals surface area contributed by atoms with Gasteiger partial charge in [-0.2, -0.15) is 0 Å². The first-order valence-electron chi connectivity index (χ1n) is 7.74. The summed E-state index contributed by atoms with van der Waals surface area (Å²) in [5.74, 6) is 2.14. The van der Waals surface area contributed by atoms with Crippen molar-refractivity contribution in [2.24, 2.45) is 0 Å². The zero-order valence-electron chi connectivity index (χ0n) is 13.2. The van der Waals surface area contributed by atoms with Gasteiger partial charge in [-0.3, -0.25) is 0 Å². The molecule has 0 amide bonds. The molecule has 3 rings (SSSR count). The zero-order valence-corrected chi connectivity index (χ0v) is 13.2. The lowest BCUT2D eigenvalue weighted by Gasteiger charge is -2.26. The molecule has 1 aromatic rings. The van der Waals surface area contributed by atoms with Crippen LogP contribution in [0.5, 0.6) is 11.5 Å². The van der Waals surface area contributed by atoms with E-state index in [1.165, 1.54) is 0 Å². The van der Waals surface area contributed by atoms with Crippen molar-refractivity contribution in [2.75, 3.05) is 27.3 Å². The van der Waals surface area contributed by atoms with E-state index in [2.05, 4.69) is 11.0 Å². The number of methoxy groups -OCH3 is 2. The van der Waals surface area contributed by atoms with E-state index in [1.807, 2.05) is 30.5 Å². The third-order valence-electron chi connectivity index (χ3n) is 4.25. The van der Waals surface area contributed by atoms with Crippen LogP contribution >= 0.6 is 0 Å². The number of aliphatic hydroxyl groups excluding tert-OH is 1. The van der Waals surface area contributed by atoms with Gasteiger partial charge in [-0.15, -0.1) is 0 Å². The lowest BCUT2D eigenvalue weighted by molar-refractivity contribution is 0.136. The molecule has 1 aliphatic heterocycles. The minimum absolute atomic E-state index is 0.495. The Bertz CT molecular complexity index is 590. The summed E-state index contributed by atoms with van der Waals surface area (Å²) in [5, 5.41) is 10.7. The number of nitrogens with zero attached hydrogens (tertiary/aromatic N) is 1.